The molecule has 1 N–H and O–H groups in total. The number of rotatable bonds is 5. The number of benzene rings is 1. The number of nitrogens with one attached hydrogen (secondary N) is 1. The molecular weight excluding hydrogens is 206 g/mol. The molecule has 1 saturated carbocycles. The van der Waals surface area contributed by atoms with E-state index < -0.39 is 0 Å². The standard InChI is InChI=1S/C16H23N/c1-12(2)15(11-17-3)10-14-6-4-5-7-16(14)13-8-9-13/h4-7,10,12-13,17H,8-9,11H2,1-3H3. The van der Waals surface area contributed by atoms with Gasteiger partial charge in [0.15, 0.2) is 0 Å². The zero-order valence-electron chi connectivity index (χ0n) is 11.2. The molecular formula is C16H23N. The second kappa shape index (κ2) is 5.50. The van der Waals surface area contributed by atoms with Gasteiger partial charge in [-0.2, -0.15) is 0 Å². The normalized spacial score (nSPS) is 16.6. The lowest BCUT2D eigenvalue weighted by molar-refractivity contribution is 0.713. The van der Waals surface area contributed by atoms with Crippen molar-refractivity contribution in [1.29, 1.82) is 0 Å². The molecule has 1 aromatic rings. The Bertz CT molecular complexity index is 400. The van der Waals surface area contributed by atoms with E-state index in [-0.39, 0.29) is 0 Å². The molecule has 0 atom stereocenters. The van der Waals surface area contributed by atoms with Gasteiger partial charge in [-0.15, -0.1) is 0 Å². The average molecular weight is 229 g/mol. The minimum atomic E-state index is 0.606. The van der Waals surface area contributed by atoms with Crippen LogP contribution >= 0.6 is 0 Å². The molecule has 0 spiro atoms. The van der Waals surface area contributed by atoms with Crippen LogP contribution in [-0.2, 0) is 0 Å². The van der Waals surface area contributed by atoms with Crippen molar-refractivity contribution in [2.45, 2.75) is 32.6 Å². The largest absolute Gasteiger partial charge is 0.316 e. The molecule has 0 bridgehead atoms. The van der Waals surface area contributed by atoms with Gasteiger partial charge in [0.1, 0.15) is 0 Å². The minimum absolute atomic E-state index is 0.606. The van der Waals surface area contributed by atoms with Crippen LogP contribution < -0.4 is 5.32 Å². The molecule has 1 fully saturated rings. The zero-order valence-corrected chi connectivity index (χ0v) is 11.2. The van der Waals surface area contributed by atoms with Gasteiger partial charge in [0.25, 0.3) is 0 Å². The summed E-state index contributed by atoms with van der Waals surface area (Å²) in [6.45, 7) is 5.52. The Hall–Kier alpha value is -1.08. The first-order chi connectivity index (χ1) is 8.22. The van der Waals surface area contributed by atoms with Crippen LogP contribution in [0.5, 0.6) is 0 Å². The molecule has 1 nitrogen and oxygen atoms in total. The molecule has 0 unspecified atom stereocenters. The van der Waals surface area contributed by atoms with E-state index in [0.29, 0.717) is 5.92 Å². The smallest absolute Gasteiger partial charge is 0.0167 e. The van der Waals surface area contributed by atoms with E-state index in [4.69, 9.17) is 0 Å². The Labute approximate surface area is 105 Å². The highest BCUT2D eigenvalue weighted by atomic mass is 14.8. The predicted octanol–water partition coefficient (Wildman–Crippen LogP) is 3.82. The summed E-state index contributed by atoms with van der Waals surface area (Å²) in [6.07, 6.45) is 5.12. The van der Waals surface area contributed by atoms with Crippen molar-refractivity contribution in [3.63, 3.8) is 0 Å². The Morgan fingerprint density at radius 1 is 1.35 bits per heavy atom. The quantitative estimate of drug-likeness (QED) is 0.809. The van der Waals surface area contributed by atoms with E-state index in [1.807, 2.05) is 7.05 Å². The third-order valence-corrected chi connectivity index (χ3v) is 3.48. The molecule has 1 heteroatoms. The number of hydrogen-bond donors (Lipinski definition) is 1. The van der Waals surface area contributed by atoms with Gasteiger partial charge >= 0.3 is 0 Å². The molecule has 1 aromatic carbocycles. The van der Waals surface area contributed by atoms with Crippen LogP contribution in [0.4, 0.5) is 0 Å². The lowest BCUT2D eigenvalue weighted by Crippen LogP contribution is -2.14. The minimum Gasteiger partial charge on any atom is -0.316 e. The summed E-state index contributed by atoms with van der Waals surface area (Å²) in [4.78, 5) is 0. The van der Waals surface area contributed by atoms with Gasteiger partial charge in [-0.1, -0.05) is 49.8 Å². The third kappa shape index (κ3) is 3.19. The first kappa shape index (κ1) is 12.4. The zero-order chi connectivity index (χ0) is 12.3. The van der Waals surface area contributed by atoms with Crippen LogP contribution in [0.15, 0.2) is 29.8 Å². The molecule has 1 aliphatic carbocycles. The second-order valence-corrected chi connectivity index (χ2v) is 5.31. The monoisotopic (exact) mass is 229 g/mol. The molecule has 1 aliphatic rings. The molecule has 0 aliphatic heterocycles. The van der Waals surface area contributed by atoms with Crippen molar-refractivity contribution in [2.75, 3.05) is 13.6 Å². The Morgan fingerprint density at radius 2 is 2.06 bits per heavy atom. The van der Waals surface area contributed by atoms with E-state index in [9.17, 15) is 0 Å². The van der Waals surface area contributed by atoms with Crippen LogP contribution in [0.3, 0.4) is 0 Å². The highest BCUT2D eigenvalue weighted by Gasteiger charge is 2.25. The topological polar surface area (TPSA) is 12.0 Å². The van der Waals surface area contributed by atoms with Crippen LogP contribution in [0.2, 0.25) is 0 Å². The summed E-state index contributed by atoms with van der Waals surface area (Å²) in [5, 5.41) is 3.27. The maximum absolute atomic E-state index is 3.27. The van der Waals surface area contributed by atoms with Crippen molar-refractivity contribution < 1.29 is 0 Å². The first-order valence-corrected chi connectivity index (χ1v) is 6.66. The van der Waals surface area contributed by atoms with Gasteiger partial charge in [0.2, 0.25) is 0 Å². The molecule has 0 heterocycles. The fourth-order valence-electron chi connectivity index (χ4n) is 2.23. The van der Waals surface area contributed by atoms with Gasteiger partial charge < -0.3 is 5.32 Å². The van der Waals surface area contributed by atoms with Gasteiger partial charge in [0.05, 0.1) is 0 Å². The van der Waals surface area contributed by atoms with E-state index in [1.165, 1.54) is 24.0 Å². The van der Waals surface area contributed by atoms with E-state index in [1.54, 1.807) is 5.56 Å². The third-order valence-electron chi connectivity index (χ3n) is 3.48. The van der Waals surface area contributed by atoms with Crippen molar-refractivity contribution in [2.24, 2.45) is 5.92 Å². The van der Waals surface area contributed by atoms with Crippen molar-refractivity contribution in [1.82, 2.24) is 5.32 Å². The van der Waals surface area contributed by atoms with Crippen LogP contribution in [0.1, 0.15) is 43.7 Å². The summed E-state index contributed by atoms with van der Waals surface area (Å²) in [7, 11) is 2.02. The lowest BCUT2D eigenvalue weighted by atomic mass is 9.96. The molecule has 0 aromatic heterocycles. The summed E-state index contributed by atoms with van der Waals surface area (Å²) in [5.41, 5.74) is 4.45. The van der Waals surface area contributed by atoms with Gasteiger partial charge in [-0.3, -0.25) is 0 Å². The summed E-state index contributed by atoms with van der Waals surface area (Å²) < 4.78 is 0. The molecule has 0 amide bonds. The maximum Gasteiger partial charge on any atom is 0.0167 e. The summed E-state index contributed by atoms with van der Waals surface area (Å²) >= 11 is 0. The van der Waals surface area contributed by atoms with Gasteiger partial charge in [-0.05, 0) is 42.9 Å². The lowest BCUT2D eigenvalue weighted by Gasteiger charge is -2.12. The number of hydrogen-bond acceptors (Lipinski definition) is 1. The highest BCUT2D eigenvalue weighted by Crippen LogP contribution is 2.42. The van der Waals surface area contributed by atoms with Crippen LogP contribution in [-0.4, -0.2) is 13.6 Å². The van der Waals surface area contributed by atoms with E-state index in [2.05, 4.69) is 49.5 Å². The molecule has 92 valence electrons. The SMILES string of the molecule is CNCC(=Cc1ccccc1C1CC1)C(C)C. The van der Waals surface area contributed by atoms with E-state index in [0.717, 1.165) is 12.5 Å². The molecule has 2 rings (SSSR count). The first-order valence-electron chi connectivity index (χ1n) is 6.66. The summed E-state index contributed by atoms with van der Waals surface area (Å²) in [6, 6.07) is 8.86. The molecule has 17 heavy (non-hydrogen) atoms. The predicted molar refractivity (Wildman–Crippen MR) is 75.2 cm³/mol. The Balaban J connectivity index is 2.28. The van der Waals surface area contributed by atoms with Crippen LogP contribution in [0, 0.1) is 5.92 Å². The molecule has 0 saturated heterocycles. The fourth-order valence-corrected chi connectivity index (χ4v) is 2.23. The summed E-state index contributed by atoms with van der Waals surface area (Å²) in [5.74, 6) is 1.43. The fraction of sp³-hybridized carbons (Fsp3) is 0.500. The van der Waals surface area contributed by atoms with E-state index >= 15 is 0 Å². The second-order valence-electron chi connectivity index (χ2n) is 5.31. The van der Waals surface area contributed by atoms with Crippen molar-refractivity contribution in [3.05, 3.63) is 41.0 Å². The molecule has 0 radical (unpaired) electrons. The van der Waals surface area contributed by atoms with Crippen molar-refractivity contribution >= 4 is 6.08 Å². The maximum atomic E-state index is 3.27. The average Bonchev–Trinajstić information content (AvgIpc) is 3.13. The van der Waals surface area contributed by atoms with Crippen molar-refractivity contribution in [3.8, 4) is 0 Å². The van der Waals surface area contributed by atoms with Gasteiger partial charge in [0, 0.05) is 6.54 Å². The Kier molecular flexibility index (Phi) is 4.01. The van der Waals surface area contributed by atoms with Gasteiger partial charge in [-0.25, -0.2) is 0 Å². The number of likely N-dealkylation sites (N-methyl/N-ethyl adjacent to an activating group) is 1. The Morgan fingerprint density at radius 3 is 2.65 bits per heavy atom. The van der Waals surface area contributed by atoms with Crippen LogP contribution in [0.25, 0.3) is 6.08 Å². The highest BCUT2D eigenvalue weighted by molar-refractivity contribution is 5.59.